The van der Waals surface area contributed by atoms with Crippen molar-refractivity contribution in [3.63, 3.8) is 0 Å². The first-order valence-electron chi connectivity index (χ1n) is 6.10. The number of aromatic nitrogens is 2. The molecule has 2 aromatic rings. The van der Waals surface area contributed by atoms with Gasteiger partial charge in [0.2, 0.25) is 5.95 Å². The van der Waals surface area contributed by atoms with E-state index in [1.54, 1.807) is 0 Å². The second kappa shape index (κ2) is 6.46. The summed E-state index contributed by atoms with van der Waals surface area (Å²) in [6.45, 7) is 0.326. The summed E-state index contributed by atoms with van der Waals surface area (Å²) >= 11 is 0. The number of aryl methyl sites for hydroxylation is 1. The van der Waals surface area contributed by atoms with Crippen LogP contribution in [0.5, 0.6) is 5.88 Å². The van der Waals surface area contributed by atoms with Crippen molar-refractivity contribution >= 4 is 11.6 Å². The Morgan fingerprint density at radius 2 is 2.05 bits per heavy atom. The van der Waals surface area contributed by atoms with Gasteiger partial charge in [0.1, 0.15) is 6.20 Å². The second-order valence-corrected chi connectivity index (χ2v) is 4.11. The number of nitrogen functional groups attached to an aromatic ring is 1. The van der Waals surface area contributed by atoms with Gasteiger partial charge >= 0.3 is 5.69 Å². The third-order valence-electron chi connectivity index (χ3n) is 2.64. The maximum Gasteiger partial charge on any atom is 0.349 e. The minimum absolute atomic E-state index is 0.0475. The van der Waals surface area contributed by atoms with Gasteiger partial charge in [-0.2, -0.15) is 4.98 Å². The summed E-state index contributed by atoms with van der Waals surface area (Å²) in [6, 6.07) is 9.92. The van der Waals surface area contributed by atoms with Gasteiger partial charge in [0.15, 0.2) is 0 Å². The fourth-order valence-corrected chi connectivity index (χ4v) is 1.69. The van der Waals surface area contributed by atoms with Crippen molar-refractivity contribution in [3.05, 3.63) is 52.2 Å². The summed E-state index contributed by atoms with van der Waals surface area (Å²) < 4.78 is 5.33. The number of anilines is 1. The minimum atomic E-state index is -0.591. The van der Waals surface area contributed by atoms with E-state index in [2.05, 4.69) is 9.97 Å². The van der Waals surface area contributed by atoms with Crippen LogP contribution in [0.1, 0.15) is 12.0 Å². The predicted octanol–water partition coefficient (Wildman–Crippen LogP) is 1.98. The van der Waals surface area contributed by atoms with E-state index in [-0.39, 0.29) is 17.5 Å². The van der Waals surface area contributed by atoms with Gasteiger partial charge in [-0.3, -0.25) is 10.1 Å². The number of nitrogens with two attached hydrogens (primary N) is 1. The lowest BCUT2D eigenvalue weighted by Crippen LogP contribution is -2.06. The quantitative estimate of drug-likeness (QED) is 0.490. The second-order valence-electron chi connectivity index (χ2n) is 4.11. The molecule has 0 aliphatic rings. The number of nitro groups is 1. The zero-order valence-corrected chi connectivity index (χ0v) is 10.7. The van der Waals surface area contributed by atoms with Crippen molar-refractivity contribution in [1.82, 2.24) is 9.97 Å². The monoisotopic (exact) mass is 274 g/mol. The maximum absolute atomic E-state index is 10.8. The molecule has 1 aromatic carbocycles. The van der Waals surface area contributed by atoms with Gasteiger partial charge in [0, 0.05) is 0 Å². The smallest absolute Gasteiger partial charge is 0.349 e. The summed E-state index contributed by atoms with van der Waals surface area (Å²) in [5.74, 6) is -0.135. The van der Waals surface area contributed by atoms with Gasteiger partial charge in [-0.1, -0.05) is 30.3 Å². The van der Waals surface area contributed by atoms with Crippen LogP contribution >= 0.6 is 0 Å². The molecule has 2 N–H and O–H groups in total. The van der Waals surface area contributed by atoms with Gasteiger partial charge in [-0.05, 0) is 18.4 Å². The molecule has 0 saturated carbocycles. The van der Waals surface area contributed by atoms with E-state index in [1.165, 1.54) is 5.56 Å². The van der Waals surface area contributed by atoms with Crippen molar-refractivity contribution in [3.8, 4) is 5.88 Å². The molecule has 0 amide bonds. The number of hydrogen-bond donors (Lipinski definition) is 1. The molecular weight excluding hydrogens is 260 g/mol. The predicted molar refractivity (Wildman–Crippen MR) is 73.4 cm³/mol. The molecule has 2 rings (SSSR count). The van der Waals surface area contributed by atoms with Crippen molar-refractivity contribution in [2.75, 3.05) is 12.3 Å². The Kier molecular flexibility index (Phi) is 4.43. The number of benzene rings is 1. The van der Waals surface area contributed by atoms with E-state index in [4.69, 9.17) is 10.5 Å². The van der Waals surface area contributed by atoms with Crippen molar-refractivity contribution in [1.29, 1.82) is 0 Å². The maximum atomic E-state index is 10.8. The van der Waals surface area contributed by atoms with E-state index in [9.17, 15) is 10.1 Å². The topological polar surface area (TPSA) is 104 Å². The Morgan fingerprint density at radius 3 is 2.75 bits per heavy atom. The first-order valence-corrected chi connectivity index (χ1v) is 6.10. The lowest BCUT2D eigenvalue weighted by molar-refractivity contribution is -0.386. The van der Waals surface area contributed by atoms with Crippen LogP contribution in [0.4, 0.5) is 11.6 Å². The Hall–Kier alpha value is -2.70. The fourth-order valence-electron chi connectivity index (χ4n) is 1.69. The summed E-state index contributed by atoms with van der Waals surface area (Å²) in [4.78, 5) is 17.5. The number of rotatable bonds is 6. The molecule has 20 heavy (non-hydrogen) atoms. The molecule has 0 unspecified atom stereocenters. The Morgan fingerprint density at radius 1 is 1.30 bits per heavy atom. The van der Waals surface area contributed by atoms with E-state index >= 15 is 0 Å². The zero-order chi connectivity index (χ0) is 14.4. The van der Waals surface area contributed by atoms with Gasteiger partial charge in [-0.25, -0.2) is 4.98 Å². The Balaban J connectivity index is 1.91. The number of hydrogen-bond acceptors (Lipinski definition) is 6. The molecular formula is C13H14N4O3. The molecule has 0 aliphatic carbocycles. The number of nitrogens with zero attached hydrogens (tertiary/aromatic N) is 3. The first kappa shape index (κ1) is 13.7. The SMILES string of the molecule is Nc1ncc([N+](=O)[O-])c(OCCCc2ccccc2)n1. The molecule has 0 bridgehead atoms. The number of ether oxygens (including phenoxy) is 1. The summed E-state index contributed by atoms with van der Waals surface area (Å²) in [5.41, 5.74) is 6.31. The third-order valence-corrected chi connectivity index (χ3v) is 2.64. The molecule has 0 spiro atoms. The molecule has 7 heteroatoms. The molecule has 0 atom stereocenters. The van der Waals surface area contributed by atoms with Gasteiger partial charge in [0.25, 0.3) is 5.88 Å². The molecule has 0 saturated heterocycles. The Labute approximate surface area is 115 Å². The largest absolute Gasteiger partial charge is 0.473 e. The average Bonchev–Trinajstić information content (AvgIpc) is 2.44. The highest BCUT2D eigenvalue weighted by atomic mass is 16.6. The molecule has 0 aliphatic heterocycles. The standard InChI is InChI=1S/C13H14N4O3/c14-13-15-9-11(17(18)19)12(16-13)20-8-4-7-10-5-2-1-3-6-10/h1-3,5-6,9H,4,7-8H2,(H2,14,15,16). The summed E-state index contributed by atoms with van der Waals surface area (Å²) in [5, 5.41) is 10.8. The summed E-state index contributed by atoms with van der Waals surface area (Å²) in [7, 11) is 0. The van der Waals surface area contributed by atoms with Crippen LogP contribution in [0.25, 0.3) is 0 Å². The van der Waals surface area contributed by atoms with E-state index in [0.29, 0.717) is 6.61 Å². The third kappa shape index (κ3) is 3.64. The molecule has 7 nitrogen and oxygen atoms in total. The van der Waals surface area contributed by atoms with Crippen LogP contribution in [-0.2, 0) is 6.42 Å². The highest BCUT2D eigenvalue weighted by Crippen LogP contribution is 2.23. The summed E-state index contributed by atoms with van der Waals surface area (Å²) in [6.07, 6.45) is 2.61. The van der Waals surface area contributed by atoms with Crippen LogP contribution in [0.3, 0.4) is 0 Å². The molecule has 104 valence electrons. The lowest BCUT2D eigenvalue weighted by Gasteiger charge is -2.06. The molecule has 1 aromatic heterocycles. The van der Waals surface area contributed by atoms with Crippen LogP contribution in [-0.4, -0.2) is 21.5 Å². The van der Waals surface area contributed by atoms with E-state index in [1.807, 2.05) is 30.3 Å². The first-order chi connectivity index (χ1) is 9.66. The van der Waals surface area contributed by atoms with Crippen molar-refractivity contribution in [2.24, 2.45) is 0 Å². The van der Waals surface area contributed by atoms with E-state index < -0.39 is 4.92 Å². The molecule has 0 fully saturated rings. The highest BCUT2D eigenvalue weighted by molar-refractivity contribution is 5.41. The zero-order valence-electron chi connectivity index (χ0n) is 10.7. The molecule has 0 radical (unpaired) electrons. The minimum Gasteiger partial charge on any atom is -0.473 e. The normalized spacial score (nSPS) is 10.2. The van der Waals surface area contributed by atoms with Gasteiger partial charge < -0.3 is 10.5 Å². The van der Waals surface area contributed by atoms with Crippen LogP contribution in [0, 0.1) is 10.1 Å². The van der Waals surface area contributed by atoms with Crippen molar-refractivity contribution in [2.45, 2.75) is 12.8 Å². The fraction of sp³-hybridized carbons (Fsp3) is 0.231. The van der Waals surface area contributed by atoms with Gasteiger partial charge in [0.05, 0.1) is 11.5 Å². The average molecular weight is 274 g/mol. The van der Waals surface area contributed by atoms with Gasteiger partial charge in [-0.15, -0.1) is 0 Å². The van der Waals surface area contributed by atoms with Crippen LogP contribution in [0.2, 0.25) is 0 Å². The van der Waals surface area contributed by atoms with Crippen LogP contribution < -0.4 is 10.5 Å². The van der Waals surface area contributed by atoms with E-state index in [0.717, 1.165) is 19.0 Å². The lowest BCUT2D eigenvalue weighted by atomic mass is 10.1. The Bertz CT molecular complexity index is 589. The molecule has 1 heterocycles. The van der Waals surface area contributed by atoms with Crippen LogP contribution in [0.15, 0.2) is 36.5 Å². The highest BCUT2D eigenvalue weighted by Gasteiger charge is 2.17. The van der Waals surface area contributed by atoms with Crippen molar-refractivity contribution < 1.29 is 9.66 Å².